The minimum Gasteiger partial charge on any atom is -0.374 e. The highest BCUT2D eigenvalue weighted by molar-refractivity contribution is 5.47. The van der Waals surface area contributed by atoms with Crippen LogP contribution in [-0.4, -0.2) is 21.6 Å². The van der Waals surface area contributed by atoms with Crippen molar-refractivity contribution in [3.63, 3.8) is 0 Å². The van der Waals surface area contributed by atoms with E-state index in [9.17, 15) is 0 Å². The summed E-state index contributed by atoms with van der Waals surface area (Å²) in [6.07, 6.45) is 1.78. The SMILES string of the molecule is CCOCc1nc(NN)cc(NCc2ncccc2C)n1. The number of nitrogen functional groups attached to an aromatic ring is 1. The summed E-state index contributed by atoms with van der Waals surface area (Å²) < 4.78 is 5.32. The second-order valence-electron chi connectivity index (χ2n) is 4.46. The van der Waals surface area contributed by atoms with Crippen molar-refractivity contribution >= 4 is 11.6 Å². The molecule has 0 radical (unpaired) electrons. The summed E-state index contributed by atoms with van der Waals surface area (Å²) in [6, 6.07) is 5.69. The normalized spacial score (nSPS) is 10.4. The van der Waals surface area contributed by atoms with Crippen LogP contribution in [0.1, 0.15) is 24.0 Å². The van der Waals surface area contributed by atoms with E-state index in [2.05, 4.69) is 25.7 Å². The van der Waals surface area contributed by atoms with Crippen molar-refractivity contribution in [1.29, 1.82) is 0 Å². The van der Waals surface area contributed by atoms with E-state index in [1.807, 2.05) is 26.0 Å². The fraction of sp³-hybridized carbons (Fsp3) is 0.357. The molecule has 0 fully saturated rings. The predicted octanol–water partition coefficient (Wildman–Crippen LogP) is 1.61. The van der Waals surface area contributed by atoms with Crippen LogP contribution in [0, 0.1) is 6.92 Å². The maximum atomic E-state index is 5.43. The minimum absolute atomic E-state index is 0.351. The Bertz CT molecular complexity index is 589. The fourth-order valence-electron chi connectivity index (χ4n) is 1.80. The Hall–Kier alpha value is -2.25. The quantitative estimate of drug-likeness (QED) is 0.526. The Balaban J connectivity index is 2.09. The Morgan fingerprint density at radius 1 is 1.29 bits per heavy atom. The first-order valence-corrected chi connectivity index (χ1v) is 6.79. The molecule has 0 aromatic carbocycles. The molecular weight excluding hydrogens is 268 g/mol. The molecule has 0 spiro atoms. The smallest absolute Gasteiger partial charge is 0.158 e. The summed E-state index contributed by atoms with van der Waals surface area (Å²) in [5.41, 5.74) is 4.64. The first-order valence-electron chi connectivity index (χ1n) is 6.79. The highest BCUT2D eigenvalue weighted by atomic mass is 16.5. The van der Waals surface area contributed by atoms with Gasteiger partial charge in [-0.05, 0) is 25.5 Å². The second-order valence-corrected chi connectivity index (χ2v) is 4.46. The van der Waals surface area contributed by atoms with Crippen molar-refractivity contribution < 1.29 is 4.74 Å². The summed E-state index contributed by atoms with van der Waals surface area (Å²) in [5, 5.41) is 3.23. The van der Waals surface area contributed by atoms with Gasteiger partial charge in [0.15, 0.2) is 5.82 Å². The van der Waals surface area contributed by atoms with Crippen LogP contribution in [0.5, 0.6) is 0 Å². The van der Waals surface area contributed by atoms with Crippen LogP contribution in [0.3, 0.4) is 0 Å². The van der Waals surface area contributed by atoms with Crippen molar-refractivity contribution in [3.05, 3.63) is 41.5 Å². The van der Waals surface area contributed by atoms with Gasteiger partial charge in [0.25, 0.3) is 0 Å². The molecule has 2 aromatic heterocycles. The zero-order valence-electron chi connectivity index (χ0n) is 12.3. The highest BCUT2D eigenvalue weighted by Gasteiger charge is 2.05. The molecule has 0 bridgehead atoms. The molecule has 2 rings (SSSR count). The van der Waals surface area contributed by atoms with E-state index in [4.69, 9.17) is 10.6 Å². The van der Waals surface area contributed by atoms with Crippen LogP contribution < -0.4 is 16.6 Å². The third kappa shape index (κ3) is 4.37. The van der Waals surface area contributed by atoms with E-state index in [1.165, 1.54) is 0 Å². The second kappa shape index (κ2) is 7.51. The molecule has 112 valence electrons. The Labute approximate surface area is 123 Å². The number of rotatable bonds is 7. The summed E-state index contributed by atoms with van der Waals surface area (Å²) in [6.45, 7) is 5.50. The van der Waals surface area contributed by atoms with Crippen molar-refractivity contribution in [2.75, 3.05) is 17.3 Å². The highest BCUT2D eigenvalue weighted by Crippen LogP contribution is 2.13. The standard InChI is InChI=1S/C14H20N6O/c1-3-21-9-14-18-12(7-13(19-14)20-15)17-8-11-10(2)5-4-6-16-11/h4-7H,3,8-9,15H2,1-2H3,(H2,17,18,19,20). The van der Waals surface area contributed by atoms with Gasteiger partial charge in [0.05, 0.1) is 12.2 Å². The summed E-state index contributed by atoms with van der Waals surface area (Å²) in [7, 11) is 0. The van der Waals surface area contributed by atoms with Gasteiger partial charge in [0.1, 0.15) is 18.2 Å². The van der Waals surface area contributed by atoms with Crippen molar-refractivity contribution in [2.24, 2.45) is 5.84 Å². The maximum absolute atomic E-state index is 5.43. The Kier molecular flexibility index (Phi) is 5.42. The zero-order valence-corrected chi connectivity index (χ0v) is 12.3. The molecule has 2 heterocycles. The van der Waals surface area contributed by atoms with Crippen LogP contribution in [0.15, 0.2) is 24.4 Å². The number of ether oxygens (including phenoxy) is 1. The minimum atomic E-state index is 0.351. The third-order valence-electron chi connectivity index (χ3n) is 2.91. The van der Waals surface area contributed by atoms with Gasteiger partial charge in [-0.3, -0.25) is 4.98 Å². The summed E-state index contributed by atoms with van der Waals surface area (Å²) >= 11 is 0. The topological polar surface area (TPSA) is 98.0 Å². The number of aryl methyl sites for hydroxylation is 1. The number of aromatic nitrogens is 3. The van der Waals surface area contributed by atoms with E-state index < -0.39 is 0 Å². The third-order valence-corrected chi connectivity index (χ3v) is 2.91. The summed E-state index contributed by atoms with van der Waals surface area (Å²) in [5.74, 6) is 7.22. The molecule has 0 aliphatic rings. The van der Waals surface area contributed by atoms with Crippen LogP contribution in [0.25, 0.3) is 0 Å². The molecule has 0 unspecified atom stereocenters. The summed E-state index contributed by atoms with van der Waals surface area (Å²) in [4.78, 5) is 13.0. The van der Waals surface area contributed by atoms with E-state index in [0.29, 0.717) is 37.2 Å². The van der Waals surface area contributed by atoms with E-state index in [-0.39, 0.29) is 0 Å². The largest absolute Gasteiger partial charge is 0.374 e. The average molecular weight is 288 g/mol. The van der Waals surface area contributed by atoms with Gasteiger partial charge >= 0.3 is 0 Å². The maximum Gasteiger partial charge on any atom is 0.158 e. The number of hydrazine groups is 1. The number of nitrogens with one attached hydrogen (secondary N) is 2. The van der Waals surface area contributed by atoms with Crippen LogP contribution in [0.2, 0.25) is 0 Å². The molecule has 0 saturated carbocycles. The van der Waals surface area contributed by atoms with E-state index in [1.54, 1.807) is 12.3 Å². The van der Waals surface area contributed by atoms with Gasteiger partial charge < -0.3 is 15.5 Å². The van der Waals surface area contributed by atoms with E-state index in [0.717, 1.165) is 11.3 Å². The molecule has 0 amide bonds. The van der Waals surface area contributed by atoms with Crippen LogP contribution in [-0.2, 0) is 17.9 Å². The van der Waals surface area contributed by atoms with Crippen molar-refractivity contribution in [3.8, 4) is 0 Å². The lowest BCUT2D eigenvalue weighted by Gasteiger charge is -2.10. The molecule has 21 heavy (non-hydrogen) atoms. The number of pyridine rings is 1. The van der Waals surface area contributed by atoms with Crippen LogP contribution in [0.4, 0.5) is 11.6 Å². The molecule has 2 aromatic rings. The van der Waals surface area contributed by atoms with Crippen molar-refractivity contribution in [2.45, 2.75) is 27.0 Å². The number of hydrogen-bond donors (Lipinski definition) is 3. The molecule has 7 heteroatoms. The van der Waals surface area contributed by atoms with Gasteiger partial charge in [-0.25, -0.2) is 15.8 Å². The molecule has 0 saturated heterocycles. The molecular formula is C14H20N6O. The molecule has 0 atom stereocenters. The van der Waals surface area contributed by atoms with Gasteiger partial charge in [-0.15, -0.1) is 0 Å². The van der Waals surface area contributed by atoms with Crippen molar-refractivity contribution in [1.82, 2.24) is 15.0 Å². The lowest BCUT2D eigenvalue weighted by molar-refractivity contribution is 0.128. The monoisotopic (exact) mass is 288 g/mol. The zero-order chi connectivity index (χ0) is 15.1. The van der Waals surface area contributed by atoms with Gasteiger partial charge in [-0.1, -0.05) is 6.07 Å². The number of nitrogens with zero attached hydrogens (tertiary/aromatic N) is 3. The first kappa shape index (κ1) is 15.1. The lowest BCUT2D eigenvalue weighted by Crippen LogP contribution is -2.13. The van der Waals surface area contributed by atoms with E-state index >= 15 is 0 Å². The molecule has 0 aliphatic heterocycles. The van der Waals surface area contributed by atoms with Gasteiger partial charge in [-0.2, -0.15) is 0 Å². The molecule has 0 aliphatic carbocycles. The van der Waals surface area contributed by atoms with Gasteiger partial charge in [0.2, 0.25) is 0 Å². The Morgan fingerprint density at radius 3 is 2.81 bits per heavy atom. The Morgan fingerprint density at radius 2 is 2.10 bits per heavy atom. The number of anilines is 2. The lowest BCUT2D eigenvalue weighted by atomic mass is 10.2. The number of nitrogens with two attached hydrogens (primary N) is 1. The molecule has 7 nitrogen and oxygen atoms in total. The predicted molar refractivity (Wildman–Crippen MR) is 81.5 cm³/mol. The first-order chi connectivity index (χ1) is 10.2. The fourth-order valence-corrected chi connectivity index (χ4v) is 1.80. The number of hydrogen-bond acceptors (Lipinski definition) is 7. The molecule has 4 N–H and O–H groups in total. The average Bonchev–Trinajstić information content (AvgIpc) is 2.52. The van der Waals surface area contributed by atoms with Crippen LogP contribution >= 0.6 is 0 Å². The van der Waals surface area contributed by atoms with Gasteiger partial charge in [0, 0.05) is 18.9 Å².